The van der Waals surface area contributed by atoms with Crippen LogP contribution >= 0.6 is 34.8 Å². The van der Waals surface area contributed by atoms with Crippen molar-refractivity contribution in [2.45, 2.75) is 19.9 Å². The fraction of sp³-hybridized carbons (Fsp3) is 0.444. The van der Waals surface area contributed by atoms with Crippen LogP contribution in [0.15, 0.2) is 6.07 Å². The summed E-state index contributed by atoms with van der Waals surface area (Å²) in [7, 11) is 1.91. The van der Waals surface area contributed by atoms with Crippen molar-refractivity contribution in [2.75, 3.05) is 11.9 Å². The van der Waals surface area contributed by atoms with E-state index < -0.39 is 0 Å². The Labute approximate surface area is 98.8 Å². The molecule has 0 aliphatic heterocycles. The van der Waals surface area contributed by atoms with Crippen molar-refractivity contribution in [3.63, 3.8) is 0 Å². The summed E-state index contributed by atoms with van der Waals surface area (Å²) in [6.07, 6.45) is 0. The first-order chi connectivity index (χ1) is 6.43. The third-order valence-corrected chi connectivity index (χ3v) is 2.93. The highest BCUT2D eigenvalue weighted by Crippen LogP contribution is 2.31. The van der Waals surface area contributed by atoms with E-state index >= 15 is 0 Å². The number of aromatic nitrogens is 1. The summed E-state index contributed by atoms with van der Waals surface area (Å²) in [6, 6.07) is 1.91. The average Bonchev–Trinajstić information content (AvgIpc) is 2.10. The van der Waals surface area contributed by atoms with Gasteiger partial charge in [-0.15, -0.1) is 0 Å². The molecule has 2 nitrogen and oxygen atoms in total. The Morgan fingerprint density at radius 2 is 1.79 bits per heavy atom. The summed E-state index contributed by atoms with van der Waals surface area (Å²) >= 11 is 17.6. The molecule has 14 heavy (non-hydrogen) atoms. The van der Waals surface area contributed by atoms with E-state index in [-0.39, 0.29) is 5.15 Å². The van der Waals surface area contributed by atoms with E-state index in [2.05, 4.69) is 4.98 Å². The summed E-state index contributed by atoms with van der Waals surface area (Å²) in [5, 5.41) is 1.16. The highest BCUT2D eigenvalue weighted by molar-refractivity contribution is 6.42. The maximum atomic E-state index is 5.99. The number of anilines is 1. The summed E-state index contributed by atoms with van der Waals surface area (Å²) in [5.41, 5.74) is 0. The lowest BCUT2D eigenvalue weighted by molar-refractivity contribution is 0.743. The van der Waals surface area contributed by atoms with Gasteiger partial charge in [-0.25, -0.2) is 4.98 Å². The van der Waals surface area contributed by atoms with Crippen LogP contribution in [0.4, 0.5) is 5.82 Å². The van der Waals surface area contributed by atoms with Crippen molar-refractivity contribution >= 4 is 40.6 Å². The van der Waals surface area contributed by atoms with Gasteiger partial charge in [0, 0.05) is 13.1 Å². The van der Waals surface area contributed by atoms with Crippen LogP contribution in [0.25, 0.3) is 0 Å². The van der Waals surface area contributed by atoms with Gasteiger partial charge < -0.3 is 4.90 Å². The second-order valence-corrected chi connectivity index (χ2v) is 4.44. The SMILES string of the molecule is CC(C)N(C)c1nc(Cl)c(Cl)cc1Cl. The van der Waals surface area contributed by atoms with Gasteiger partial charge in [-0.2, -0.15) is 0 Å². The number of halogens is 3. The molecule has 0 aliphatic carbocycles. The summed E-state index contributed by atoms with van der Waals surface area (Å²) in [4.78, 5) is 6.06. The highest BCUT2D eigenvalue weighted by Gasteiger charge is 2.13. The quantitative estimate of drug-likeness (QED) is 0.744. The monoisotopic (exact) mass is 252 g/mol. The molecular weight excluding hydrogens is 242 g/mol. The minimum atomic E-state index is 0.276. The van der Waals surface area contributed by atoms with Gasteiger partial charge >= 0.3 is 0 Å². The Bertz CT molecular complexity index is 339. The van der Waals surface area contributed by atoms with Gasteiger partial charge in [-0.05, 0) is 19.9 Å². The second-order valence-electron chi connectivity index (χ2n) is 3.27. The van der Waals surface area contributed by atoms with Crippen molar-refractivity contribution in [1.29, 1.82) is 0 Å². The van der Waals surface area contributed by atoms with Crippen molar-refractivity contribution in [1.82, 2.24) is 4.98 Å². The molecule has 1 aromatic rings. The Hall–Kier alpha value is -0.180. The molecular formula is C9H11Cl3N2. The summed E-state index contributed by atoms with van der Waals surface area (Å²) < 4.78 is 0. The highest BCUT2D eigenvalue weighted by atomic mass is 35.5. The first kappa shape index (κ1) is 11.9. The first-order valence-electron chi connectivity index (χ1n) is 4.18. The molecule has 0 bridgehead atoms. The molecule has 78 valence electrons. The lowest BCUT2D eigenvalue weighted by Crippen LogP contribution is -2.26. The smallest absolute Gasteiger partial charge is 0.150 e. The van der Waals surface area contributed by atoms with Crippen molar-refractivity contribution in [3.05, 3.63) is 21.3 Å². The molecule has 0 amide bonds. The van der Waals surface area contributed by atoms with Gasteiger partial charge in [0.1, 0.15) is 11.0 Å². The Balaban J connectivity index is 3.15. The van der Waals surface area contributed by atoms with Gasteiger partial charge in [-0.1, -0.05) is 34.8 Å². The lowest BCUT2D eigenvalue weighted by atomic mass is 10.3. The van der Waals surface area contributed by atoms with E-state index in [9.17, 15) is 0 Å². The molecule has 0 aliphatic rings. The predicted octanol–water partition coefficient (Wildman–Crippen LogP) is 3.89. The standard InChI is InChI=1S/C9H11Cl3N2/c1-5(2)14(3)9-7(11)4-6(10)8(12)13-9/h4-5H,1-3H3. The average molecular weight is 254 g/mol. The fourth-order valence-electron chi connectivity index (χ4n) is 0.927. The van der Waals surface area contributed by atoms with E-state index in [4.69, 9.17) is 34.8 Å². The van der Waals surface area contributed by atoms with Gasteiger partial charge in [0.2, 0.25) is 0 Å². The largest absolute Gasteiger partial charge is 0.356 e. The van der Waals surface area contributed by atoms with Crippen molar-refractivity contribution < 1.29 is 0 Å². The molecule has 0 fully saturated rings. The van der Waals surface area contributed by atoms with Crippen LogP contribution in [0.3, 0.4) is 0 Å². The van der Waals surface area contributed by atoms with Crippen LogP contribution in [-0.4, -0.2) is 18.1 Å². The van der Waals surface area contributed by atoms with E-state index in [0.717, 1.165) is 0 Å². The van der Waals surface area contributed by atoms with Gasteiger partial charge in [0.15, 0.2) is 0 Å². The number of pyridine rings is 1. The van der Waals surface area contributed by atoms with E-state index in [1.165, 1.54) is 0 Å². The van der Waals surface area contributed by atoms with Crippen molar-refractivity contribution in [3.8, 4) is 0 Å². The molecule has 0 atom stereocenters. The lowest BCUT2D eigenvalue weighted by Gasteiger charge is -2.23. The maximum absolute atomic E-state index is 5.99. The van der Waals surface area contributed by atoms with Crippen LogP contribution in [0, 0.1) is 0 Å². The van der Waals surface area contributed by atoms with E-state index in [0.29, 0.717) is 21.9 Å². The van der Waals surface area contributed by atoms with Gasteiger partial charge in [0.05, 0.1) is 10.0 Å². The van der Waals surface area contributed by atoms with Crippen LogP contribution in [0.2, 0.25) is 15.2 Å². The summed E-state index contributed by atoms with van der Waals surface area (Å²) in [5.74, 6) is 0.649. The Morgan fingerprint density at radius 3 is 2.29 bits per heavy atom. The topological polar surface area (TPSA) is 16.1 Å². The zero-order valence-corrected chi connectivity index (χ0v) is 10.5. The number of hydrogen-bond donors (Lipinski definition) is 0. The van der Waals surface area contributed by atoms with Crippen LogP contribution < -0.4 is 4.90 Å². The van der Waals surface area contributed by atoms with Crippen LogP contribution in [0.1, 0.15) is 13.8 Å². The fourth-order valence-corrected chi connectivity index (χ4v) is 1.55. The predicted molar refractivity (Wildman–Crippen MR) is 62.8 cm³/mol. The zero-order valence-electron chi connectivity index (χ0n) is 8.18. The number of hydrogen-bond acceptors (Lipinski definition) is 2. The second kappa shape index (κ2) is 4.56. The third-order valence-electron chi connectivity index (χ3n) is 1.98. The minimum Gasteiger partial charge on any atom is -0.356 e. The molecule has 1 rings (SSSR count). The molecule has 0 N–H and O–H groups in total. The summed E-state index contributed by atoms with van der Waals surface area (Å²) in [6.45, 7) is 4.08. The minimum absolute atomic E-state index is 0.276. The Morgan fingerprint density at radius 1 is 1.21 bits per heavy atom. The Kier molecular flexibility index (Phi) is 3.87. The van der Waals surface area contributed by atoms with Crippen LogP contribution in [-0.2, 0) is 0 Å². The molecule has 0 saturated heterocycles. The van der Waals surface area contributed by atoms with Gasteiger partial charge in [-0.3, -0.25) is 0 Å². The molecule has 0 radical (unpaired) electrons. The molecule has 0 saturated carbocycles. The van der Waals surface area contributed by atoms with Crippen molar-refractivity contribution in [2.24, 2.45) is 0 Å². The number of nitrogens with zero attached hydrogens (tertiary/aromatic N) is 2. The van der Waals surface area contributed by atoms with E-state index in [1.54, 1.807) is 6.07 Å². The normalized spacial score (nSPS) is 10.8. The van der Waals surface area contributed by atoms with E-state index in [1.807, 2.05) is 25.8 Å². The molecule has 0 spiro atoms. The molecule has 0 aromatic carbocycles. The maximum Gasteiger partial charge on any atom is 0.150 e. The third kappa shape index (κ3) is 2.44. The number of rotatable bonds is 2. The first-order valence-corrected chi connectivity index (χ1v) is 5.31. The molecule has 5 heteroatoms. The van der Waals surface area contributed by atoms with Crippen LogP contribution in [0.5, 0.6) is 0 Å². The van der Waals surface area contributed by atoms with Gasteiger partial charge in [0.25, 0.3) is 0 Å². The molecule has 1 heterocycles. The molecule has 0 unspecified atom stereocenters. The zero-order chi connectivity index (χ0) is 10.9. The molecule has 1 aromatic heterocycles.